The first kappa shape index (κ1) is 22.5. The molecule has 1 saturated heterocycles. The summed E-state index contributed by atoms with van der Waals surface area (Å²) in [7, 11) is 0. The molecule has 7 heteroatoms. The van der Waals surface area contributed by atoms with Gasteiger partial charge in [0.05, 0.1) is 17.6 Å². The summed E-state index contributed by atoms with van der Waals surface area (Å²) in [4.78, 5) is 24.0. The summed E-state index contributed by atoms with van der Waals surface area (Å²) >= 11 is 0. The molecule has 0 unspecified atom stereocenters. The molecule has 3 aromatic heterocycles. The average Bonchev–Trinajstić information content (AvgIpc) is 3.25. The minimum Gasteiger partial charge on any atom is -0.423 e. The number of imidazole rings is 1. The van der Waals surface area contributed by atoms with Gasteiger partial charge in [-0.2, -0.15) is 0 Å². The average molecular weight is 480 g/mol. The number of nitrogens with one attached hydrogen (secondary N) is 1. The molecule has 0 bridgehead atoms. The van der Waals surface area contributed by atoms with E-state index >= 15 is 0 Å². The number of hydrogen-bond donors (Lipinski definition) is 1. The molecule has 1 N–H and O–H groups in total. The van der Waals surface area contributed by atoms with Gasteiger partial charge in [0, 0.05) is 49.0 Å². The van der Waals surface area contributed by atoms with Crippen LogP contribution in [0.25, 0.3) is 22.0 Å². The quantitative estimate of drug-likeness (QED) is 0.341. The van der Waals surface area contributed by atoms with Gasteiger partial charge < -0.3 is 19.2 Å². The fourth-order valence-electron chi connectivity index (χ4n) is 5.06. The molecule has 0 amide bonds. The molecule has 4 heterocycles. The topological polar surface area (TPSA) is 76.2 Å². The van der Waals surface area contributed by atoms with Crippen LogP contribution in [-0.2, 0) is 13.0 Å². The summed E-state index contributed by atoms with van der Waals surface area (Å²) in [6.07, 6.45) is 6.47. The predicted molar refractivity (Wildman–Crippen MR) is 142 cm³/mol. The number of pyridine rings is 1. The van der Waals surface area contributed by atoms with Crippen LogP contribution < -0.4 is 10.9 Å². The lowest BCUT2D eigenvalue weighted by atomic mass is 10.0. The fraction of sp³-hybridized carbons (Fsp3) is 0.276. The molecule has 1 fully saturated rings. The van der Waals surface area contributed by atoms with Crippen LogP contribution in [-0.4, -0.2) is 45.1 Å². The van der Waals surface area contributed by atoms with Gasteiger partial charge in [-0.25, -0.2) is 9.78 Å². The summed E-state index contributed by atoms with van der Waals surface area (Å²) in [6, 6.07) is 22.3. The van der Waals surface area contributed by atoms with Crippen molar-refractivity contribution in [1.82, 2.24) is 19.4 Å². The van der Waals surface area contributed by atoms with Crippen molar-refractivity contribution >= 4 is 28.0 Å². The van der Waals surface area contributed by atoms with Gasteiger partial charge >= 0.3 is 5.63 Å². The van der Waals surface area contributed by atoms with Crippen LogP contribution in [0.4, 0.5) is 5.95 Å². The van der Waals surface area contributed by atoms with Gasteiger partial charge in [0.25, 0.3) is 0 Å². The van der Waals surface area contributed by atoms with E-state index in [0.29, 0.717) is 18.0 Å². The highest BCUT2D eigenvalue weighted by molar-refractivity contribution is 5.79. The van der Waals surface area contributed by atoms with Crippen molar-refractivity contribution in [3.05, 3.63) is 101 Å². The Morgan fingerprint density at radius 3 is 2.69 bits per heavy atom. The Balaban J connectivity index is 1.10. The summed E-state index contributed by atoms with van der Waals surface area (Å²) < 4.78 is 7.75. The van der Waals surface area contributed by atoms with Gasteiger partial charge in [0.1, 0.15) is 5.58 Å². The molecule has 0 atom stereocenters. The molecular formula is C29H29N5O2. The highest BCUT2D eigenvalue weighted by atomic mass is 16.4. The Bertz CT molecular complexity index is 1530. The van der Waals surface area contributed by atoms with Crippen molar-refractivity contribution in [2.24, 2.45) is 0 Å². The molecule has 0 aliphatic carbocycles. The smallest absolute Gasteiger partial charge is 0.339 e. The van der Waals surface area contributed by atoms with E-state index < -0.39 is 0 Å². The lowest BCUT2D eigenvalue weighted by molar-refractivity contribution is 0.220. The molecule has 0 spiro atoms. The second kappa shape index (κ2) is 9.95. The minimum atomic E-state index is -0.224. The van der Waals surface area contributed by atoms with Crippen LogP contribution in [0.5, 0.6) is 0 Å². The Kier molecular flexibility index (Phi) is 6.22. The molecule has 7 nitrogen and oxygen atoms in total. The van der Waals surface area contributed by atoms with Crippen molar-refractivity contribution < 1.29 is 4.42 Å². The van der Waals surface area contributed by atoms with Gasteiger partial charge in [-0.3, -0.25) is 4.98 Å². The fourth-order valence-corrected chi connectivity index (χ4v) is 5.06. The van der Waals surface area contributed by atoms with Crippen LogP contribution in [0.1, 0.15) is 24.0 Å². The van der Waals surface area contributed by atoms with Gasteiger partial charge in [-0.1, -0.05) is 36.4 Å². The van der Waals surface area contributed by atoms with Gasteiger partial charge in [-0.05, 0) is 55.2 Å². The third-order valence-electron chi connectivity index (χ3n) is 7.05. The molecule has 2 aromatic carbocycles. The number of aromatic nitrogens is 3. The van der Waals surface area contributed by atoms with Gasteiger partial charge in [-0.15, -0.1) is 0 Å². The minimum absolute atomic E-state index is 0.224. The number of para-hydroxylation sites is 3. The van der Waals surface area contributed by atoms with E-state index in [9.17, 15) is 4.79 Å². The maximum Gasteiger partial charge on any atom is 0.339 e. The molecule has 5 aromatic rings. The Morgan fingerprint density at radius 2 is 1.83 bits per heavy atom. The third-order valence-corrected chi connectivity index (χ3v) is 7.05. The largest absolute Gasteiger partial charge is 0.423 e. The van der Waals surface area contributed by atoms with E-state index in [0.717, 1.165) is 72.5 Å². The monoisotopic (exact) mass is 479 g/mol. The van der Waals surface area contributed by atoms with Crippen LogP contribution in [0.2, 0.25) is 0 Å². The third kappa shape index (κ3) is 4.75. The second-order valence-electron chi connectivity index (χ2n) is 9.48. The van der Waals surface area contributed by atoms with E-state index in [2.05, 4.69) is 44.0 Å². The van der Waals surface area contributed by atoms with E-state index in [1.807, 2.05) is 48.7 Å². The van der Waals surface area contributed by atoms with Crippen molar-refractivity contribution in [1.29, 1.82) is 0 Å². The highest BCUT2D eigenvalue weighted by Gasteiger charge is 2.22. The standard InChI is InChI=1S/C29H29N5O2/c35-28-23(18-22-7-1-4-10-27(22)36-28)11-15-33-16-12-24(13-17-33)31-29-32-25-8-2-3-9-26(25)34(29)20-21-6-5-14-30-19-21/h1-10,14,18-19,24H,11-13,15-17,20H2,(H,31,32). The molecule has 182 valence electrons. The van der Waals surface area contributed by atoms with Crippen molar-refractivity contribution in [3.8, 4) is 0 Å². The first-order chi connectivity index (χ1) is 17.7. The molecule has 1 aliphatic rings. The van der Waals surface area contributed by atoms with Gasteiger partial charge in [0.15, 0.2) is 0 Å². The number of anilines is 1. The van der Waals surface area contributed by atoms with E-state index in [1.165, 1.54) is 0 Å². The van der Waals surface area contributed by atoms with E-state index in [1.54, 1.807) is 6.20 Å². The summed E-state index contributed by atoms with van der Waals surface area (Å²) in [5.41, 5.74) is 4.44. The highest BCUT2D eigenvalue weighted by Crippen LogP contribution is 2.24. The zero-order valence-corrected chi connectivity index (χ0v) is 20.1. The normalized spacial score (nSPS) is 15.0. The van der Waals surface area contributed by atoms with E-state index in [-0.39, 0.29) is 5.63 Å². The first-order valence-electron chi connectivity index (χ1n) is 12.6. The zero-order valence-electron chi connectivity index (χ0n) is 20.1. The van der Waals surface area contributed by atoms with Crippen LogP contribution in [0.3, 0.4) is 0 Å². The second-order valence-corrected chi connectivity index (χ2v) is 9.48. The Hall–Kier alpha value is -3.97. The SMILES string of the molecule is O=c1oc2ccccc2cc1CCN1CCC(Nc2nc3ccccc3n2Cc2cccnc2)CC1. The van der Waals surface area contributed by atoms with Crippen LogP contribution in [0.15, 0.2) is 88.3 Å². The summed E-state index contributed by atoms with van der Waals surface area (Å²) in [5.74, 6) is 0.910. The number of likely N-dealkylation sites (tertiary alicyclic amines) is 1. The molecular weight excluding hydrogens is 450 g/mol. The van der Waals surface area contributed by atoms with Crippen molar-refractivity contribution in [3.63, 3.8) is 0 Å². The van der Waals surface area contributed by atoms with Crippen LogP contribution in [0, 0.1) is 0 Å². The molecule has 0 saturated carbocycles. The summed E-state index contributed by atoms with van der Waals surface area (Å²) in [5, 5.41) is 4.70. The number of benzene rings is 2. The number of hydrogen-bond acceptors (Lipinski definition) is 6. The maximum atomic E-state index is 12.4. The lowest BCUT2D eigenvalue weighted by Gasteiger charge is -2.32. The maximum absolute atomic E-state index is 12.4. The molecule has 36 heavy (non-hydrogen) atoms. The van der Waals surface area contributed by atoms with E-state index in [4.69, 9.17) is 9.40 Å². The summed E-state index contributed by atoms with van der Waals surface area (Å²) in [6.45, 7) is 3.55. The first-order valence-corrected chi connectivity index (χ1v) is 12.6. The molecule has 6 rings (SSSR count). The Labute approximate surface area is 209 Å². The van der Waals surface area contributed by atoms with Crippen molar-refractivity contribution in [2.75, 3.05) is 25.0 Å². The molecule has 0 radical (unpaired) electrons. The molecule has 1 aliphatic heterocycles. The zero-order chi connectivity index (χ0) is 24.3. The predicted octanol–water partition coefficient (Wildman–Crippen LogP) is 4.71. The van der Waals surface area contributed by atoms with Crippen LogP contribution >= 0.6 is 0 Å². The number of rotatable bonds is 7. The Morgan fingerprint density at radius 1 is 1.00 bits per heavy atom. The lowest BCUT2D eigenvalue weighted by Crippen LogP contribution is -2.40. The number of nitrogens with zero attached hydrogens (tertiary/aromatic N) is 4. The number of piperidine rings is 1. The van der Waals surface area contributed by atoms with Crippen molar-refractivity contribution in [2.45, 2.75) is 31.8 Å². The number of fused-ring (bicyclic) bond motifs is 2. The van der Waals surface area contributed by atoms with Gasteiger partial charge in [0.2, 0.25) is 5.95 Å².